The van der Waals surface area contributed by atoms with Gasteiger partial charge in [-0.2, -0.15) is 0 Å². The van der Waals surface area contributed by atoms with Crippen LogP contribution in [0, 0.1) is 0 Å². The quantitative estimate of drug-likeness (QED) is 0.864. The fourth-order valence-electron chi connectivity index (χ4n) is 1.27. The van der Waals surface area contributed by atoms with Gasteiger partial charge in [-0.15, -0.1) is 0 Å². The van der Waals surface area contributed by atoms with Crippen LogP contribution < -0.4 is 4.74 Å². The van der Waals surface area contributed by atoms with Crippen LogP contribution in [0.25, 0.3) is 0 Å². The van der Waals surface area contributed by atoms with Crippen molar-refractivity contribution >= 4 is 17.6 Å². The first-order chi connectivity index (χ1) is 7.56. The Kier molecular flexibility index (Phi) is 4.58. The van der Waals surface area contributed by atoms with Gasteiger partial charge in [0.25, 0.3) is 0 Å². The number of rotatable bonds is 5. The molecule has 1 unspecified atom stereocenters. The number of methoxy groups -OCH3 is 1. The van der Waals surface area contributed by atoms with E-state index >= 15 is 0 Å². The highest BCUT2D eigenvalue weighted by atomic mass is 35.5. The lowest BCUT2D eigenvalue weighted by Crippen LogP contribution is -2.19. The van der Waals surface area contributed by atoms with Crippen LogP contribution in [0.5, 0.6) is 5.75 Å². The van der Waals surface area contributed by atoms with Crippen molar-refractivity contribution in [2.45, 2.75) is 13.0 Å². The minimum absolute atomic E-state index is 0.0513. The van der Waals surface area contributed by atoms with E-state index in [9.17, 15) is 4.79 Å². The zero-order valence-electron chi connectivity index (χ0n) is 9.07. The van der Waals surface area contributed by atoms with Crippen molar-refractivity contribution < 1.29 is 19.4 Å². The van der Waals surface area contributed by atoms with Gasteiger partial charge in [-0.1, -0.05) is 17.7 Å². The Bertz CT molecular complexity index is 378. The van der Waals surface area contributed by atoms with E-state index in [-0.39, 0.29) is 22.4 Å². The van der Waals surface area contributed by atoms with Crippen LogP contribution >= 0.6 is 11.6 Å². The van der Waals surface area contributed by atoms with Crippen molar-refractivity contribution in [2.24, 2.45) is 0 Å². The van der Waals surface area contributed by atoms with Crippen LogP contribution in [0.1, 0.15) is 17.3 Å². The minimum atomic E-state index is -1.07. The number of benzene rings is 1. The normalized spacial score (nSPS) is 12.2. The van der Waals surface area contributed by atoms with E-state index < -0.39 is 5.97 Å². The Labute approximate surface area is 98.7 Å². The maximum absolute atomic E-state index is 10.9. The first kappa shape index (κ1) is 12.8. The average molecular weight is 245 g/mol. The molecule has 1 aromatic carbocycles. The molecular formula is C11H13ClO4. The van der Waals surface area contributed by atoms with Gasteiger partial charge in [0.1, 0.15) is 11.7 Å². The molecule has 16 heavy (non-hydrogen) atoms. The molecule has 0 bridgehead atoms. The maximum Gasteiger partial charge on any atom is 0.339 e. The number of para-hydroxylation sites is 1. The standard InChI is InChI=1S/C11H13ClO4/c1-7(6-15-2)16-10-8(11(13)14)4-3-5-9(10)12/h3-5,7H,6H2,1-2H3,(H,13,14). The molecule has 0 heterocycles. The summed E-state index contributed by atoms with van der Waals surface area (Å²) in [5.41, 5.74) is 0.0513. The smallest absolute Gasteiger partial charge is 0.339 e. The SMILES string of the molecule is COCC(C)Oc1c(Cl)cccc1C(=O)O. The molecule has 0 spiro atoms. The summed E-state index contributed by atoms with van der Waals surface area (Å²) in [6, 6.07) is 4.60. The summed E-state index contributed by atoms with van der Waals surface area (Å²) in [4.78, 5) is 10.9. The predicted molar refractivity (Wildman–Crippen MR) is 60.4 cm³/mol. The highest BCUT2D eigenvalue weighted by molar-refractivity contribution is 6.32. The van der Waals surface area contributed by atoms with E-state index in [0.29, 0.717) is 6.61 Å². The molecule has 1 rings (SSSR count). The third-order valence-corrected chi connectivity index (χ3v) is 2.22. The molecule has 1 aromatic rings. The molecule has 0 radical (unpaired) electrons. The van der Waals surface area contributed by atoms with E-state index in [1.54, 1.807) is 26.2 Å². The molecule has 0 saturated carbocycles. The summed E-state index contributed by atoms with van der Waals surface area (Å²) >= 11 is 5.89. The zero-order valence-corrected chi connectivity index (χ0v) is 9.82. The lowest BCUT2D eigenvalue weighted by molar-refractivity contribution is 0.0674. The molecule has 0 aromatic heterocycles. The number of carbonyl (C=O) groups is 1. The van der Waals surface area contributed by atoms with E-state index in [1.165, 1.54) is 6.07 Å². The van der Waals surface area contributed by atoms with E-state index in [1.807, 2.05) is 0 Å². The van der Waals surface area contributed by atoms with Crippen LogP contribution in [0.2, 0.25) is 5.02 Å². The largest absolute Gasteiger partial charge is 0.486 e. The van der Waals surface area contributed by atoms with Crippen LogP contribution in [0.3, 0.4) is 0 Å². The highest BCUT2D eigenvalue weighted by Crippen LogP contribution is 2.29. The topological polar surface area (TPSA) is 55.8 Å². The van der Waals surface area contributed by atoms with Crippen LogP contribution in [0.4, 0.5) is 0 Å². The summed E-state index contributed by atoms with van der Waals surface area (Å²) < 4.78 is 10.3. The average Bonchev–Trinajstić information content (AvgIpc) is 2.21. The maximum atomic E-state index is 10.9. The number of halogens is 1. The number of hydrogen-bond donors (Lipinski definition) is 1. The second-order valence-electron chi connectivity index (χ2n) is 3.31. The number of ether oxygens (including phenoxy) is 2. The third-order valence-electron chi connectivity index (χ3n) is 1.92. The molecule has 0 aliphatic carbocycles. The number of carboxylic acids is 1. The highest BCUT2D eigenvalue weighted by Gasteiger charge is 2.16. The Morgan fingerprint density at radius 3 is 2.81 bits per heavy atom. The van der Waals surface area contributed by atoms with E-state index in [0.717, 1.165) is 0 Å². The molecule has 0 saturated heterocycles. The van der Waals surface area contributed by atoms with Gasteiger partial charge in [-0.25, -0.2) is 4.79 Å². The summed E-state index contributed by atoms with van der Waals surface area (Å²) in [5.74, 6) is -0.886. The lowest BCUT2D eigenvalue weighted by Gasteiger charge is -2.16. The van der Waals surface area contributed by atoms with Crippen molar-refractivity contribution in [1.29, 1.82) is 0 Å². The van der Waals surface area contributed by atoms with Gasteiger partial charge >= 0.3 is 5.97 Å². The molecule has 0 fully saturated rings. The van der Waals surface area contributed by atoms with Gasteiger partial charge in [-0.3, -0.25) is 0 Å². The Hall–Kier alpha value is -1.26. The van der Waals surface area contributed by atoms with Crippen LogP contribution in [-0.2, 0) is 4.74 Å². The van der Waals surface area contributed by atoms with Crippen molar-refractivity contribution in [3.8, 4) is 5.75 Å². The van der Waals surface area contributed by atoms with Gasteiger partial charge in [0.15, 0.2) is 5.75 Å². The van der Waals surface area contributed by atoms with Gasteiger partial charge < -0.3 is 14.6 Å². The van der Waals surface area contributed by atoms with Gasteiger partial charge in [0.2, 0.25) is 0 Å². The zero-order chi connectivity index (χ0) is 12.1. The molecule has 1 N–H and O–H groups in total. The molecule has 1 atom stereocenters. The third kappa shape index (κ3) is 3.12. The molecule has 88 valence electrons. The number of hydrogen-bond acceptors (Lipinski definition) is 3. The van der Waals surface area contributed by atoms with Crippen LogP contribution in [0.15, 0.2) is 18.2 Å². The Morgan fingerprint density at radius 1 is 1.56 bits per heavy atom. The minimum Gasteiger partial charge on any atom is -0.486 e. The summed E-state index contributed by atoms with van der Waals surface area (Å²) in [5, 5.41) is 9.24. The first-order valence-corrected chi connectivity index (χ1v) is 5.11. The fraction of sp³-hybridized carbons (Fsp3) is 0.364. The molecule has 0 amide bonds. The fourth-order valence-corrected chi connectivity index (χ4v) is 1.49. The van der Waals surface area contributed by atoms with E-state index in [4.69, 9.17) is 26.2 Å². The lowest BCUT2D eigenvalue weighted by atomic mass is 10.2. The summed E-state index contributed by atoms with van der Waals surface area (Å²) in [6.45, 7) is 2.14. The van der Waals surface area contributed by atoms with Crippen molar-refractivity contribution in [3.05, 3.63) is 28.8 Å². The van der Waals surface area contributed by atoms with Crippen molar-refractivity contribution in [1.82, 2.24) is 0 Å². The molecular weight excluding hydrogens is 232 g/mol. The van der Waals surface area contributed by atoms with Gasteiger partial charge in [0.05, 0.1) is 11.6 Å². The Balaban J connectivity index is 2.97. The van der Waals surface area contributed by atoms with Crippen LogP contribution in [-0.4, -0.2) is 30.9 Å². The van der Waals surface area contributed by atoms with E-state index in [2.05, 4.69) is 0 Å². The molecule has 4 nitrogen and oxygen atoms in total. The van der Waals surface area contributed by atoms with Crippen molar-refractivity contribution in [3.63, 3.8) is 0 Å². The Morgan fingerprint density at radius 2 is 2.25 bits per heavy atom. The van der Waals surface area contributed by atoms with Crippen molar-refractivity contribution in [2.75, 3.05) is 13.7 Å². The molecule has 0 aliphatic rings. The van der Waals surface area contributed by atoms with Gasteiger partial charge in [0, 0.05) is 7.11 Å². The summed E-state index contributed by atoms with van der Waals surface area (Å²) in [7, 11) is 1.55. The van der Waals surface area contributed by atoms with Gasteiger partial charge in [-0.05, 0) is 19.1 Å². The monoisotopic (exact) mass is 244 g/mol. The summed E-state index contributed by atoms with van der Waals surface area (Å²) in [6.07, 6.45) is -0.261. The number of carboxylic acid groups (broad SMARTS) is 1. The number of aromatic carboxylic acids is 1. The second kappa shape index (κ2) is 5.72. The predicted octanol–water partition coefficient (Wildman–Crippen LogP) is 2.45. The molecule has 5 heteroatoms. The first-order valence-electron chi connectivity index (χ1n) is 4.73. The second-order valence-corrected chi connectivity index (χ2v) is 3.71. The molecule has 0 aliphatic heterocycles.